The Kier molecular flexibility index (Phi) is 5.03. The number of β-amino-alcohol motifs (C(OH)–C–C–N with tert-alkyl or cyclic N) is 1. The molecule has 6 heteroatoms. The van der Waals surface area contributed by atoms with Gasteiger partial charge in [-0.05, 0) is 31.5 Å². The molecule has 1 aromatic heterocycles. The molecule has 0 saturated carbocycles. The molecule has 1 aliphatic rings. The molecule has 0 aliphatic carbocycles. The highest BCUT2D eigenvalue weighted by Gasteiger charge is 2.26. The van der Waals surface area contributed by atoms with Gasteiger partial charge in [0.1, 0.15) is 31.1 Å². The lowest BCUT2D eigenvalue weighted by Gasteiger charge is -2.26. The van der Waals surface area contributed by atoms with Crippen molar-refractivity contribution in [3.8, 4) is 5.75 Å². The summed E-state index contributed by atoms with van der Waals surface area (Å²) in [6.07, 6.45) is 5.10. The Hall–Kier alpha value is -1.92. The number of ether oxygens (including phenoxy) is 1. The summed E-state index contributed by atoms with van der Waals surface area (Å²) >= 11 is 0. The number of nitrogens with zero attached hydrogens (tertiary/aromatic N) is 4. The first-order valence-electron chi connectivity index (χ1n) is 7.73. The van der Waals surface area contributed by atoms with Crippen LogP contribution in [0, 0.1) is 0 Å². The van der Waals surface area contributed by atoms with Crippen molar-refractivity contribution in [3.05, 3.63) is 43.0 Å². The molecule has 3 rings (SSSR count). The van der Waals surface area contributed by atoms with E-state index >= 15 is 0 Å². The van der Waals surface area contributed by atoms with Crippen molar-refractivity contribution >= 4 is 0 Å². The Morgan fingerprint density at radius 1 is 1.32 bits per heavy atom. The van der Waals surface area contributed by atoms with Gasteiger partial charge in [-0.1, -0.05) is 18.2 Å². The van der Waals surface area contributed by atoms with Crippen LogP contribution in [0.25, 0.3) is 0 Å². The summed E-state index contributed by atoms with van der Waals surface area (Å²) in [6, 6.07) is 10.0. The van der Waals surface area contributed by atoms with E-state index in [1.165, 1.54) is 0 Å². The van der Waals surface area contributed by atoms with E-state index in [0.29, 0.717) is 19.2 Å². The van der Waals surface area contributed by atoms with E-state index in [-0.39, 0.29) is 0 Å². The standard InChI is InChI=1S/C16H22N4O2/c21-15(11-22-16-6-2-1-3-7-16)10-19-8-4-5-14(19)9-20-13-17-12-18-20/h1-3,6-7,12-15,21H,4-5,8-11H2/t14-,15-/m0/s1. The molecule has 1 aliphatic heterocycles. The first-order valence-corrected chi connectivity index (χ1v) is 7.73. The number of para-hydroxylation sites is 1. The quantitative estimate of drug-likeness (QED) is 0.832. The van der Waals surface area contributed by atoms with Crippen LogP contribution in [-0.4, -0.2) is 56.6 Å². The lowest BCUT2D eigenvalue weighted by atomic mass is 10.2. The van der Waals surface area contributed by atoms with Crippen molar-refractivity contribution in [1.29, 1.82) is 0 Å². The second-order valence-electron chi connectivity index (χ2n) is 5.69. The Morgan fingerprint density at radius 2 is 2.18 bits per heavy atom. The monoisotopic (exact) mass is 302 g/mol. The minimum Gasteiger partial charge on any atom is -0.491 e. The van der Waals surface area contributed by atoms with Crippen LogP contribution in [0.4, 0.5) is 0 Å². The van der Waals surface area contributed by atoms with E-state index in [1.807, 2.05) is 35.0 Å². The number of likely N-dealkylation sites (tertiary alicyclic amines) is 1. The van der Waals surface area contributed by atoms with Gasteiger partial charge in [0.05, 0.1) is 6.54 Å². The van der Waals surface area contributed by atoms with Crippen LogP contribution in [-0.2, 0) is 6.54 Å². The number of hydrogen-bond acceptors (Lipinski definition) is 5. The maximum Gasteiger partial charge on any atom is 0.137 e. The second-order valence-corrected chi connectivity index (χ2v) is 5.69. The summed E-state index contributed by atoms with van der Waals surface area (Å²) in [7, 11) is 0. The van der Waals surface area contributed by atoms with E-state index < -0.39 is 6.10 Å². The lowest BCUT2D eigenvalue weighted by Crippen LogP contribution is -2.40. The van der Waals surface area contributed by atoms with Gasteiger partial charge >= 0.3 is 0 Å². The molecule has 0 radical (unpaired) electrons. The third kappa shape index (κ3) is 4.05. The third-order valence-corrected chi connectivity index (χ3v) is 3.99. The maximum absolute atomic E-state index is 10.2. The third-order valence-electron chi connectivity index (χ3n) is 3.99. The predicted octanol–water partition coefficient (Wildman–Crippen LogP) is 1.18. The highest BCUT2D eigenvalue weighted by atomic mass is 16.5. The minimum atomic E-state index is -0.489. The van der Waals surface area contributed by atoms with Crippen LogP contribution in [0.2, 0.25) is 0 Å². The van der Waals surface area contributed by atoms with E-state index in [1.54, 1.807) is 12.7 Å². The summed E-state index contributed by atoms with van der Waals surface area (Å²) in [5.74, 6) is 0.794. The molecule has 2 aromatic rings. The van der Waals surface area contributed by atoms with Crippen LogP contribution in [0.15, 0.2) is 43.0 Å². The molecule has 0 unspecified atom stereocenters. The Labute approximate surface area is 130 Å². The van der Waals surface area contributed by atoms with Gasteiger partial charge < -0.3 is 9.84 Å². The van der Waals surface area contributed by atoms with E-state index in [2.05, 4.69) is 15.0 Å². The number of rotatable bonds is 7. The molecular weight excluding hydrogens is 280 g/mol. The van der Waals surface area contributed by atoms with Gasteiger partial charge in [-0.25, -0.2) is 4.98 Å². The molecule has 22 heavy (non-hydrogen) atoms. The van der Waals surface area contributed by atoms with E-state index in [9.17, 15) is 5.11 Å². The van der Waals surface area contributed by atoms with E-state index in [0.717, 1.165) is 31.7 Å². The van der Waals surface area contributed by atoms with Crippen LogP contribution < -0.4 is 4.74 Å². The fraction of sp³-hybridized carbons (Fsp3) is 0.500. The van der Waals surface area contributed by atoms with Gasteiger partial charge in [0.2, 0.25) is 0 Å². The summed E-state index contributed by atoms with van der Waals surface area (Å²) in [5.41, 5.74) is 0. The molecule has 118 valence electrons. The van der Waals surface area contributed by atoms with Crippen LogP contribution in [0.3, 0.4) is 0 Å². The number of benzene rings is 1. The van der Waals surface area contributed by atoms with Gasteiger partial charge in [0, 0.05) is 12.6 Å². The fourth-order valence-corrected chi connectivity index (χ4v) is 2.92. The topological polar surface area (TPSA) is 63.4 Å². The first-order chi connectivity index (χ1) is 10.8. The largest absolute Gasteiger partial charge is 0.491 e. The second kappa shape index (κ2) is 7.38. The Bertz CT molecular complexity index is 547. The Morgan fingerprint density at radius 3 is 2.95 bits per heavy atom. The molecule has 1 aromatic carbocycles. The smallest absolute Gasteiger partial charge is 0.137 e. The van der Waals surface area contributed by atoms with Crippen molar-refractivity contribution < 1.29 is 9.84 Å². The molecular formula is C16H22N4O2. The molecule has 2 heterocycles. The highest BCUT2D eigenvalue weighted by Crippen LogP contribution is 2.19. The summed E-state index contributed by atoms with van der Waals surface area (Å²) in [5, 5.41) is 14.4. The molecule has 6 nitrogen and oxygen atoms in total. The molecule has 0 amide bonds. The number of hydrogen-bond donors (Lipinski definition) is 1. The predicted molar refractivity (Wildman–Crippen MR) is 82.6 cm³/mol. The fourth-order valence-electron chi connectivity index (χ4n) is 2.92. The molecule has 1 fully saturated rings. The summed E-state index contributed by atoms with van der Waals surface area (Å²) < 4.78 is 7.47. The zero-order chi connectivity index (χ0) is 15.2. The zero-order valence-corrected chi connectivity index (χ0v) is 12.6. The van der Waals surface area contributed by atoms with Crippen molar-refractivity contribution in [3.63, 3.8) is 0 Å². The SMILES string of the molecule is O[C@H](COc1ccccc1)CN1CCC[C@H]1Cn1cncn1. The summed E-state index contributed by atoms with van der Waals surface area (Å²) in [4.78, 5) is 6.30. The average Bonchev–Trinajstić information content (AvgIpc) is 3.20. The van der Waals surface area contributed by atoms with Gasteiger partial charge in [-0.15, -0.1) is 0 Å². The normalized spacial score (nSPS) is 20.1. The molecule has 1 N–H and O–H groups in total. The summed E-state index contributed by atoms with van der Waals surface area (Å²) in [6.45, 7) is 2.79. The van der Waals surface area contributed by atoms with Gasteiger partial charge in [-0.2, -0.15) is 5.10 Å². The molecule has 0 bridgehead atoms. The van der Waals surface area contributed by atoms with Crippen molar-refractivity contribution in [2.24, 2.45) is 0 Å². The van der Waals surface area contributed by atoms with Crippen molar-refractivity contribution in [2.45, 2.75) is 31.5 Å². The highest BCUT2D eigenvalue weighted by molar-refractivity contribution is 5.20. The van der Waals surface area contributed by atoms with Crippen molar-refractivity contribution in [1.82, 2.24) is 19.7 Å². The number of aromatic nitrogens is 3. The van der Waals surface area contributed by atoms with Crippen LogP contribution >= 0.6 is 0 Å². The minimum absolute atomic E-state index is 0.316. The van der Waals surface area contributed by atoms with Crippen molar-refractivity contribution in [2.75, 3.05) is 19.7 Å². The Balaban J connectivity index is 1.46. The van der Waals surface area contributed by atoms with E-state index in [4.69, 9.17) is 4.74 Å². The van der Waals surface area contributed by atoms with Crippen LogP contribution in [0.1, 0.15) is 12.8 Å². The number of aliphatic hydroxyl groups is 1. The van der Waals surface area contributed by atoms with Gasteiger partial charge in [0.15, 0.2) is 0 Å². The van der Waals surface area contributed by atoms with Gasteiger partial charge in [0.25, 0.3) is 0 Å². The molecule has 1 saturated heterocycles. The number of aliphatic hydroxyl groups excluding tert-OH is 1. The van der Waals surface area contributed by atoms with Gasteiger partial charge in [-0.3, -0.25) is 9.58 Å². The average molecular weight is 302 g/mol. The van der Waals surface area contributed by atoms with Crippen LogP contribution in [0.5, 0.6) is 5.75 Å². The zero-order valence-electron chi connectivity index (χ0n) is 12.6. The maximum atomic E-state index is 10.2. The first kappa shape index (κ1) is 15.0. The molecule has 0 spiro atoms. The molecule has 2 atom stereocenters. The lowest BCUT2D eigenvalue weighted by molar-refractivity contribution is 0.0609.